The molecule has 3 unspecified atom stereocenters. The van der Waals surface area contributed by atoms with Crippen LogP contribution in [0.2, 0.25) is 0 Å². The van der Waals surface area contributed by atoms with Crippen LogP contribution in [0.3, 0.4) is 0 Å². The van der Waals surface area contributed by atoms with E-state index in [9.17, 15) is 13.6 Å². The third kappa shape index (κ3) is 3.33. The number of Topliss-reactive ketones (excluding diaryl/α,β-unsaturated/α-hetero) is 1. The molecule has 1 aromatic rings. The number of carbonyl (C=O) groups excluding carboxylic acids is 1. The molecule has 0 bridgehead atoms. The lowest BCUT2D eigenvalue weighted by atomic mass is 9.66. The van der Waals surface area contributed by atoms with Crippen molar-refractivity contribution in [3.8, 4) is 0 Å². The lowest BCUT2D eigenvalue weighted by Crippen LogP contribution is -2.32. The second kappa shape index (κ2) is 6.25. The van der Waals surface area contributed by atoms with Crippen LogP contribution in [0.5, 0.6) is 0 Å². The van der Waals surface area contributed by atoms with E-state index < -0.39 is 11.6 Å². The van der Waals surface area contributed by atoms with Crippen molar-refractivity contribution in [1.82, 2.24) is 0 Å². The van der Waals surface area contributed by atoms with Crippen LogP contribution in [0.25, 0.3) is 0 Å². The van der Waals surface area contributed by atoms with Crippen molar-refractivity contribution in [2.75, 3.05) is 0 Å². The quantitative estimate of drug-likeness (QED) is 0.790. The van der Waals surface area contributed by atoms with E-state index in [-0.39, 0.29) is 18.1 Å². The van der Waals surface area contributed by atoms with E-state index >= 15 is 0 Å². The predicted molar refractivity (Wildman–Crippen MR) is 77.9 cm³/mol. The minimum absolute atomic E-state index is 0.0776. The molecule has 0 saturated heterocycles. The molecular weight excluding hydrogens is 270 g/mol. The third-order valence-corrected chi connectivity index (χ3v) is 5.37. The Labute approximate surface area is 124 Å². The van der Waals surface area contributed by atoms with Crippen molar-refractivity contribution < 1.29 is 13.6 Å². The first-order chi connectivity index (χ1) is 10.1. The van der Waals surface area contributed by atoms with E-state index in [1.165, 1.54) is 37.8 Å². The van der Waals surface area contributed by atoms with Crippen molar-refractivity contribution in [3.05, 3.63) is 35.4 Å². The second-order valence-corrected chi connectivity index (χ2v) is 6.69. The van der Waals surface area contributed by atoms with Crippen LogP contribution in [-0.4, -0.2) is 5.78 Å². The fourth-order valence-corrected chi connectivity index (χ4v) is 4.16. The molecule has 3 atom stereocenters. The highest BCUT2D eigenvalue weighted by Crippen LogP contribution is 2.43. The summed E-state index contributed by atoms with van der Waals surface area (Å²) in [7, 11) is 0. The highest BCUT2D eigenvalue weighted by Gasteiger charge is 2.34. The van der Waals surface area contributed by atoms with Crippen LogP contribution in [-0.2, 0) is 11.2 Å². The first kappa shape index (κ1) is 14.7. The summed E-state index contributed by atoms with van der Waals surface area (Å²) in [6.07, 6.45) is 8.36. The fraction of sp³-hybridized carbons (Fsp3) is 0.611. The highest BCUT2D eigenvalue weighted by molar-refractivity contribution is 5.83. The van der Waals surface area contributed by atoms with Crippen LogP contribution in [0, 0.1) is 29.4 Å². The van der Waals surface area contributed by atoms with E-state index in [0.717, 1.165) is 31.2 Å². The van der Waals surface area contributed by atoms with Gasteiger partial charge in [0.15, 0.2) is 0 Å². The van der Waals surface area contributed by atoms with Gasteiger partial charge in [0.25, 0.3) is 0 Å². The normalized spacial score (nSPS) is 29.0. The maximum Gasteiger partial charge on any atom is 0.140 e. The molecule has 0 heterocycles. The molecule has 3 heteroatoms. The van der Waals surface area contributed by atoms with Gasteiger partial charge in [0, 0.05) is 18.4 Å². The minimum Gasteiger partial charge on any atom is -0.299 e. The van der Waals surface area contributed by atoms with Gasteiger partial charge in [-0.15, -0.1) is 0 Å². The molecular formula is C18H22F2O. The Bertz CT molecular complexity index is 526. The fourth-order valence-electron chi connectivity index (χ4n) is 4.16. The van der Waals surface area contributed by atoms with E-state index in [0.29, 0.717) is 11.5 Å². The highest BCUT2D eigenvalue weighted by atomic mass is 19.1. The van der Waals surface area contributed by atoms with Crippen molar-refractivity contribution in [2.45, 2.75) is 51.4 Å². The molecule has 0 radical (unpaired) electrons. The van der Waals surface area contributed by atoms with Gasteiger partial charge < -0.3 is 0 Å². The minimum atomic E-state index is -0.602. The monoisotopic (exact) mass is 292 g/mol. The number of hydrogen-bond donors (Lipinski definition) is 0. The smallest absolute Gasteiger partial charge is 0.140 e. The second-order valence-electron chi connectivity index (χ2n) is 6.69. The van der Waals surface area contributed by atoms with E-state index in [4.69, 9.17) is 0 Å². The number of halogens is 2. The van der Waals surface area contributed by atoms with Gasteiger partial charge in [-0.25, -0.2) is 8.78 Å². The Balaban J connectivity index is 1.63. The number of carbonyl (C=O) groups is 1. The number of fused-ring (bicyclic) bond motifs is 1. The van der Waals surface area contributed by atoms with Gasteiger partial charge in [-0.3, -0.25) is 4.79 Å². The molecule has 1 nitrogen and oxygen atoms in total. The summed E-state index contributed by atoms with van der Waals surface area (Å²) in [5.74, 6) is 0.518. The molecule has 0 spiro atoms. The lowest BCUT2D eigenvalue weighted by Gasteiger charge is -2.38. The molecule has 3 rings (SSSR count). The summed E-state index contributed by atoms with van der Waals surface area (Å²) >= 11 is 0. The van der Waals surface area contributed by atoms with E-state index in [1.54, 1.807) is 0 Å². The molecule has 0 amide bonds. The van der Waals surface area contributed by atoms with Crippen LogP contribution in [0.15, 0.2) is 18.2 Å². The topological polar surface area (TPSA) is 17.1 Å². The maximum absolute atomic E-state index is 13.7. The van der Waals surface area contributed by atoms with Crippen molar-refractivity contribution >= 4 is 5.78 Å². The van der Waals surface area contributed by atoms with Crippen LogP contribution in [0.4, 0.5) is 8.78 Å². The number of rotatable bonds is 3. The molecule has 1 aromatic carbocycles. The number of ketones is 1. The van der Waals surface area contributed by atoms with Gasteiger partial charge in [-0.2, -0.15) is 0 Å². The summed E-state index contributed by atoms with van der Waals surface area (Å²) in [5, 5.41) is 0. The van der Waals surface area contributed by atoms with Crippen molar-refractivity contribution in [3.63, 3.8) is 0 Å². The Morgan fingerprint density at radius 2 is 1.81 bits per heavy atom. The number of hydrogen-bond acceptors (Lipinski definition) is 1. The molecule has 0 aromatic heterocycles. The standard InChI is InChI=1S/C18H22F2O/c19-16-8-7-14(17(20)11-16)10-18(21)15-6-5-12-3-1-2-4-13(12)9-15/h7-8,11-13,15H,1-6,9-10H2. The van der Waals surface area contributed by atoms with Gasteiger partial charge in [0.05, 0.1) is 0 Å². The van der Waals surface area contributed by atoms with Gasteiger partial charge in [0.1, 0.15) is 17.4 Å². The van der Waals surface area contributed by atoms with E-state index in [1.807, 2.05) is 0 Å². The largest absolute Gasteiger partial charge is 0.299 e. The molecule has 2 aliphatic rings. The summed E-state index contributed by atoms with van der Waals surface area (Å²) < 4.78 is 26.6. The molecule has 0 N–H and O–H groups in total. The van der Waals surface area contributed by atoms with E-state index in [2.05, 4.69) is 0 Å². The molecule has 0 aliphatic heterocycles. The van der Waals surface area contributed by atoms with Gasteiger partial charge >= 0.3 is 0 Å². The molecule has 2 aliphatic carbocycles. The van der Waals surface area contributed by atoms with Crippen LogP contribution < -0.4 is 0 Å². The van der Waals surface area contributed by atoms with Crippen LogP contribution in [0.1, 0.15) is 50.5 Å². The van der Waals surface area contributed by atoms with Crippen molar-refractivity contribution in [1.29, 1.82) is 0 Å². The number of benzene rings is 1. The Hall–Kier alpha value is -1.25. The summed E-state index contributed by atoms with van der Waals surface area (Å²) in [6, 6.07) is 3.49. The van der Waals surface area contributed by atoms with Crippen LogP contribution >= 0.6 is 0 Å². The third-order valence-electron chi connectivity index (χ3n) is 5.37. The molecule has 2 fully saturated rings. The zero-order valence-corrected chi connectivity index (χ0v) is 12.3. The lowest BCUT2D eigenvalue weighted by molar-refractivity contribution is -0.124. The zero-order chi connectivity index (χ0) is 14.8. The maximum atomic E-state index is 13.7. The van der Waals surface area contributed by atoms with Crippen molar-refractivity contribution in [2.24, 2.45) is 17.8 Å². The predicted octanol–water partition coefficient (Wildman–Crippen LogP) is 4.68. The summed E-state index contributed by atoms with van der Waals surface area (Å²) in [5.41, 5.74) is 0.326. The SMILES string of the molecule is O=C(Cc1ccc(F)cc1F)C1CCC2CCCCC2C1. The first-order valence-corrected chi connectivity index (χ1v) is 8.10. The molecule has 2 saturated carbocycles. The Morgan fingerprint density at radius 1 is 1.05 bits per heavy atom. The van der Waals surface area contributed by atoms with Gasteiger partial charge in [-0.05, 0) is 42.7 Å². The Morgan fingerprint density at radius 3 is 2.57 bits per heavy atom. The van der Waals surface area contributed by atoms with Gasteiger partial charge in [0.2, 0.25) is 0 Å². The first-order valence-electron chi connectivity index (χ1n) is 8.10. The average Bonchev–Trinajstić information content (AvgIpc) is 2.49. The molecule has 114 valence electrons. The zero-order valence-electron chi connectivity index (χ0n) is 12.3. The molecule has 21 heavy (non-hydrogen) atoms. The summed E-state index contributed by atoms with van der Waals surface area (Å²) in [6.45, 7) is 0. The van der Waals surface area contributed by atoms with Gasteiger partial charge in [-0.1, -0.05) is 31.7 Å². The Kier molecular flexibility index (Phi) is 4.37. The summed E-state index contributed by atoms with van der Waals surface area (Å²) in [4.78, 5) is 12.4. The average molecular weight is 292 g/mol.